The van der Waals surface area contributed by atoms with Gasteiger partial charge in [0, 0.05) is 19.5 Å². The van der Waals surface area contributed by atoms with Crippen LogP contribution in [0.15, 0.2) is 0 Å². The first-order chi connectivity index (χ1) is 7.30. The predicted octanol–water partition coefficient (Wildman–Crippen LogP) is -0.249. The van der Waals surface area contributed by atoms with Crippen LogP contribution >= 0.6 is 0 Å². The molecule has 1 fully saturated rings. The van der Waals surface area contributed by atoms with Crippen LogP contribution in [0.4, 0.5) is 3.89 Å². The van der Waals surface area contributed by atoms with Crippen molar-refractivity contribution >= 4 is 22.1 Å². The van der Waals surface area contributed by atoms with Crippen LogP contribution in [0, 0.1) is 0 Å². The zero-order chi connectivity index (χ0) is 12.3. The van der Waals surface area contributed by atoms with E-state index >= 15 is 0 Å². The van der Waals surface area contributed by atoms with Crippen LogP contribution in [-0.4, -0.2) is 48.6 Å². The minimum Gasteiger partial charge on any atom is -0.481 e. The maximum absolute atomic E-state index is 12.6. The second-order valence-electron chi connectivity index (χ2n) is 3.62. The molecule has 92 valence electrons. The number of halogens is 1. The zero-order valence-electron chi connectivity index (χ0n) is 8.43. The lowest BCUT2D eigenvalue weighted by molar-refractivity contribution is -0.140. The highest BCUT2D eigenvalue weighted by Crippen LogP contribution is 2.19. The number of amides is 1. The molecule has 1 heterocycles. The number of hydrogen-bond acceptors (Lipinski definition) is 4. The minimum atomic E-state index is -4.61. The number of aliphatic carboxylic acids is 1. The molecule has 1 aliphatic heterocycles. The SMILES string of the molecule is O=C(O)CCC(=O)N1CCC(S(=O)(=O)F)C1. The third-order valence-electron chi connectivity index (χ3n) is 2.45. The van der Waals surface area contributed by atoms with Crippen LogP contribution in [0.25, 0.3) is 0 Å². The summed E-state index contributed by atoms with van der Waals surface area (Å²) in [5.74, 6) is -1.55. The van der Waals surface area contributed by atoms with E-state index in [9.17, 15) is 21.9 Å². The molecule has 1 amide bonds. The molecule has 0 saturated carbocycles. The Balaban J connectivity index is 2.47. The van der Waals surface area contributed by atoms with Crippen molar-refractivity contribution in [2.75, 3.05) is 13.1 Å². The average molecular weight is 253 g/mol. The number of carbonyl (C=O) groups is 2. The summed E-state index contributed by atoms with van der Waals surface area (Å²) in [6.45, 7) is -0.0243. The van der Waals surface area contributed by atoms with E-state index in [4.69, 9.17) is 5.11 Å². The molecular weight excluding hydrogens is 241 g/mol. The molecule has 1 atom stereocenters. The number of carboxylic acid groups (broad SMARTS) is 1. The van der Waals surface area contributed by atoms with Gasteiger partial charge in [0.05, 0.1) is 6.42 Å². The first kappa shape index (κ1) is 12.9. The topological polar surface area (TPSA) is 91.8 Å². The number of likely N-dealkylation sites (tertiary alicyclic amines) is 1. The number of carbonyl (C=O) groups excluding carboxylic acids is 1. The summed E-state index contributed by atoms with van der Waals surface area (Å²) in [6, 6.07) is 0. The van der Waals surface area contributed by atoms with Gasteiger partial charge < -0.3 is 10.0 Å². The Morgan fingerprint density at radius 3 is 2.44 bits per heavy atom. The maximum Gasteiger partial charge on any atom is 0.307 e. The van der Waals surface area contributed by atoms with Gasteiger partial charge in [-0.05, 0) is 6.42 Å². The molecule has 6 nitrogen and oxygen atoms in total. The third kappa shape index (κ3) is 3.44. The first-order valence-electron chi connectivity index (χ1n) is 4.73. The summed E-state index contributed by atoms with van der Waals surface area (Å²) in [7, 11) is -4.61. The molecule has 1 N–H and O–H groups in total. The lowest BCUT2D eigenvalue weighted by Gasteiger charge is -2.14. The lowest BCUT2D eigenvalue weighted by Crippen LogP contribution is -2.31. The van der Waals surface area contributed by atoms with Crippen LogP contribution in [-0.2, 0) is 19.8 Å². The third-order valence-corrected chi connectivity index (χ3v) is 3.63. The van der Waals surface area contributed by atoms with Gasteiger partial charge in [-0.15, -0.1) is 3.89 Å². The summed E-state index contributed by atoms with van der Waals surface area (Å²) in [5.41, 5.74) is 0. The molecule has 0 aromatic rings. The summed E-state index contributed by atoms with van der Waals surface area (Å²) in [4.78, 5) is 22.8. The monoisotopic (exact) mass is 253 g/mol. The van der Waals surface area contributed by atoms with Crippen molar-refractivity contribution in [3.05, 3.63) is 0 Å². The van der Waals surface area contributed by atoms with Crippen molar-refractivity contribution in [1.82, 2.24) is 4.90 Å². The van der Waals surface area contributed by atoms with Crippen molar-refractivity contribution in [3.8, 4) is 0 Å². The molecule has 16 heavy (non-hydrogen) atoms. The Morgan fingerprint density at radius 2 is 2.00 bits per heavy atom. The van der Waals surface area contributed by atoms with Crippen LogP contribution < -0.4 is 0 Å². The van der Waals surface area contributed by atoms with Crippen molar-refractivity contribution < 1.29 is 27.0 Å². The van der Waals surface area contributed by atoms with E-state index in [1.54, 1.807) is 0 Å². The Morgan fingerprint density at radius 1 is 1.38 bits per heavy atom. The fraction of sp³-hybridized carbons (Fsp3) is 0.750. The Labute approximate surface area is 92.3 Å². The molecule has 0 spiro atoms. The highest BCUT2D eigenvalue weighted by atomic mass is 32.3. The van der Waals surface area contributed by atoms with Gasteiger partial charge in [-0.25, -0.2) is 0 Å². The quantitative estimate of drug-likeness (QED) is 0.697. The van der Waals surface area contributed by atoms with Crippen LogP contribution in [0.5, 0.6) is 0 Å². The highest BCUT2D eigenvalue weighted by molar-refractivity contribution is 7.87. The van der Waals surface area contributed by atoms with Crippen molar-refractivity contribution in [3.63, 3.8) is 0 Å². The zero-order valence-corrected chi connectivity index (χ0v) is 9.24. The molecule has 1 rings (SSSR count). The van der Waals surface area contributed by atoms with Crippen LogP contribution in [0.1, 0.15) is 19.3 Å². The van der Waals surface area contributed by atoms with Gasteiger partial charge in [0.25, 0.3) is 0 Å². The predicted molar refractivity (Wildman–Crippen MR) is 51.9 cm³/mol. The number of carboxylic acids is 1. The van der Waals surface area contributed by atoms with E-state index in [-0.39, 0.29) is 32.4 Å². The van der Waals surface area contributed by atoms with Crippen LogP contribution in [0.3, 0.4) is 0 Å². The molecule has 0 aromatic heterocycles. The van der Waals surface area contributed by atoms with Crippen LogP contribution in [0.2, 0.25) is 0 Å². The molecular formula is C8H12FNO5S. The molecule has 1 saturated heterocycles. The second-order valence-corrected chi connectivity index (χ2v) is 5.24. The van der Waals surface area contributed by atoms with E-state index in [1.165, 1.54) is 4.90 Å². The number of nitrogens with zero attached hydrogens (tertiary/aromatic N) is 1. The largest absolute Gasteiger partial charge is 0.481 e. The van der Waals surface area contributed by atoms with Gasteiger partial charge in [-0.3, -0.25) is 9.59 Å². The standard InChI is InChI=1S/C8H12FNO5S/c9-16(14,15)6-3-4-10(5-6)7(11)1-2-8(12)13/h6H,1-5H2,(H,12,13). The fourth-order valence-electron chi connectivity index (χ4n) is 1.56. The normalized spacial score (nSPS) is 21.1. The molecule has 0 bridgehead atoms. The minimum absolute atomic E-state index is 0.0671. The molecule has 0 aromatic carbocycles. The second kappa shape index (κ2) is 4.77. The van der Waals surface area contributed by atoms with Crippen molar-refractivity contribution in [2.45, 2.75) is 24.5 Å². The van der Waals surface area contributed by atoms with E-state index in [0.717, 1.165) is 0 Å². The summed E-state index contributed by atoms with van der Waals surface area (Å²) in [5, 5.41) is 7.19. The molecule has 8 heteroatoms. The highest BCUT2D eigenvalue weighted by Gasteiger charge is 2.34. The van der Waals surface area contributed by atoms with Gasteiger partial charge in [-0.1, -0.05) is 0 Å². The van der Waals surface area contributed by atoms with E-state index in [1.807, 2.05) is 0 Å². The summed E-state index contributed by atoms with van der Waals surface area (Å²) >= 11 is 0. The van der Waals surface area contributed by atoms with Gasteiger partial charge in [-0.2, -0.15) is 8.42 Å². The average Bonchev–Trinajstić information content (AvgIpc) is 2.61. The van der Waals surface area contributed by atoms with E-state index in [2.05, 4.69) is 0 Å². The Hall–Kier alpha value is -1.18. The summed E-state index contributed by atoms with van der Waals surface area (Å²) in [6.07, 6.45) is -0.422. The lowest BCUT2D eigenvalue weighted by atomic mass is 10.3. The molecule has 1 unspecified atom stereocenters. The molecule has 0 radical (unpaired) electrons. The van der Waals surface area contributed by atoms with E-state index in [0.29, 0.717) is 0 Å². The van der Waals surface area contributed by atoms with Crippen molar-refractivity contribution in [2.24, 2.45) is 0 Å². The smallest absolute Gasteiger partial charge is 0.307 e. The Kier molecular flexibility index (Phi) is 3.84. The number of rotatable bonds is 4. The number of hydrogen-bond donors (Lipinski definition) is 1. The Bertz CT molecular complexity index is 393. The van der Waals surface area contributed by atoms with Gasteiger partial charge in [0.15, 0.2) is 0 Å². The molecule has 1 aliphatic rings. The maximum atomic E-state index is 12.6. The van der Waals surface area contributed by atoms with Gasteiger partial charge in [0.1, 0.15) is 5.25 Å². The molecule has 0 aliphatic carbocycles. The van der Waals surface area contributed by atoms with Crippen molar-refractivity contribution in [1.29, 1.82) is 0 Å². The first-order valence-corrected chi connectivity index (χ1v) is 6.18. The fourth-order valence-corrected chi connectivity index (χ4v) is 2.30. The van der Waals surface area contributed by atoms with Gasteiger partial charge >= 0.3 is 16.2 Å². The summed E-state index contributed by atoms with van der Waals surface area (Å²) < 4.78 is 33.7. The van der Waals surface area contributed by atoms with E-state index < -0.39 is 27.3 Å². The van der Waals surface area contributed by atoms with Gasteiger partial charge in [0.2, 0.25) is 5.91 Å².